The van der Waals surface area contributed by atoms with Crippen LogP contribution in [0.5, 0.6) is 0 Å². The molecule has 2 rings (SSSR count). The first-order chi connectivity index (χ1) is 18.3. The minimum absolute atomic E-state index is 0.0257. The van der Waals surface area contributed by atoms with E-state index in [0.29, 0.717) is 11.6 Å². The molecule has 1 aliphatic heterocycles. The lowest BCUT2D eigenvalue weighted by Crippen LogP contribution is -2.67. The molecular weight excluding hydrogens is 694 g/mol. The smallest absolute Gasteiger partial charge is 0.192 e. The van der Waals surface area contributed by atoms with Crippen molar-refractivity contribution < 1.29 is 18.0 Å². The molecule has 0 bridgehead atoms. The van der Waals surface area contributed by atoms with E-state index in [4.69, 9.17) is 30.2 Å². The largest absolute Gasteiger partial charge is 0.414 e. The Hall–Kier alpha value is 0.331. The monoisotopic (exact) mass is 751 g/mol. The fourth-order valence-electron chi connectivity index (χ4n) is 3.77. The molecule has 1 aromatic rings. The Morgan fingerprint density at radius 3 is 1.66 bits per heavy atom. The minimum Gasteiger partial charge on any atom is -0.414 e. The van der Waals surface area contributed by atoms with Crippen molar-refractivity contribution in [2.45, 2.75) is 145 Å². The van der Waals surface area contributed by atoms with Crippen LogP contribution in [0.25, 0.3) is 0 Å². The third kappa shape index (κ3) is 9.42. The molecule has 236 valence electrons. The van der Waals surface area contributed by atoms with Gasteiger partial charge >= 0.3 is 0 Å². The zero-order valence-electron chi connectivity index (χ0n) is 28.4. The highest BCUT2D eigenvalue weighted by Crippen LogP contribution is 2.45. The summed E-state index contributed by atoms with van der Waals surface area (Å²) in [6.45, 7) is 34.9. The van der Waals surface area contributed by atoms with Gasteiger partial charge in [-0.15, -0.1) is 0 Å². The van der Waals surface area contributed by atoms with Crippen LogP contribution in [0.1, 0.15) is 67.9 Å². The Labute approximate surface area is 274 Å². The normalized spacial score (nSPS) is 25.2. The van der Waals surface area contributed by atoms with Gasteiger partial charge in [-0.3, -0.25) is 0 Å². The van der Waals surface area contributed by atoms with Gasteiger partial charge < -0.3 is 23.3 Å². The first-order valence-electron chi connectivity index (χ1n) is 15.0. The van der Waals surface area contributed by atoms with Crippen molar-refractivity contribution in [3.8, 4) is 0 Å². The van der Waals surface area contributed by atoms with E-state index in [0.717, 1.165) is 5.56 Å². The van der Waals surface area contributed by atoms with Gasteiger partial charge in [-0.05, 0) is 54.4 Å². The number of thiocarbonyl (C=S) groups is 1. The van der Waals surface area contributed by atoms with Crippen molar-refractivity contribution in [1.29, 1.82) is 0 Å². The quantitative estimate of drug-likeness (QED) is 0.118. The maximum Gasteiger partial charge on any atom is 0.192 e. The predicted octanol–water partition coefficient (Wildman–Crippen LogP) is 9.28. The highest BCUT2D eigenvalue weighted by molar-refractivity contribution is 14.1. The van der Waals surface area contributed by atoms with Crippen LogP contribution in [-0.2, 0) is 18.0 Å². The molecule has 1 N–H and O–H groups in total. The van der Waals surface area contributed by atoms with Gasteiger partial charge in [-0.25, -0.2) is 0 Å². The van der Waals surface area contributed by atoms with E-state index in [1.807, 2.05) is 30.3 Å². The third-order valence-corrected chi connectivity index (χ3v) is 25.0. The van der Waals surface area contributed by atoms with E-state index in [-0.39, 0.29) is 43.6 Å². The number of nitrogens with one attached hydrogen (secondary N) is 1. The van der Waals surface area contributed by atoms with Gasteiger partial charge in [0.1, 0.15) is 17.3 Å². The van der Waals surface area contributed by atoms with Crippen molar-refractivity contribution in [3.05, 3.63) is 35.9 Å². The molecule has 0 spiro atoms. The summed E-state index contributed by atoms with van der Waals surface area (Å²) in [6, 6.07) is 10.1. The van der Waals surface area contributed by atoms with Crippen LogP contribution in [0.3, 0.4) is 0 Å². The summed E-state index contributed by atoms with van der Waals surface area (Å²) in [6.07, 6.45) is -1.07. The molecule has 1 saturated heterocycles. The van der Waals surface area contributed by atoms with E-state index in [9.17, 15) is 0 Å². The molecule has 1 aliphatic rings. The predicted molar refractivity (Wildman–Crippen MR) is 195 cm³/mol. The van der Waals surface area contributed by atoms with E-state index >= 15 is 0 Å². The molecule has 1 heterocycles. The van der Waals surface area contributed by atoms with E-state index in [1.165, 1.54) is 0 Å². The van der Waals surface area contributed by atoms with Crippen molar-refractivity contribution in [1.82, 2.24) is 5.32 Å². The average molecular weight is 752 g/mol. The molecule has 5 atom stereocenters. The van der Waals surface area contributed by atoms with Gasteiger partial charge in [-0.2, -0.15) is 0 Å². The molecule has 0 amide bonds. The maximum absolute atomic E-state index is 7.29. The van der Waals surface area contributed by atoms with E-state index in [2.05, 4.69) is 130 Å². The molecule has 1 fully saturated rings. The van der Waals surface area contributed by atoms with Crippen LogP contribution in [0, 0.1) is 0 Å². The van der Waals surface area contributed by atoms with Crippen molar-refractivity contribution in [3.63, 3.8) is 0 Å². The number of alkyl halides is 1. The molecule has 1 aromatic carbocycles. The molecule has 0 aromatic heterocycles. The fourth-order valence-corrected chi connectivity index (χ4v) is 8.85. The van der Waals surface area contributed by atoms with Crippen LogP contribution in [0.15, 0.2) is 30.3 Å². The van der Waals surface area contributed by atoms with Gasteiger partial charge in [0.05, 0.1) is 22.7 Å². The number of hydrogen-bond acceptors (Lipinski definition) is 5. The lowest BCUT2D eigenvalue weighted by molar-refractivity contribution is -0.165. The summed E-state index contributed by atoms with van der Waals surface area (Å²) in [4.78, 5) is 0.677. The molecule has 0 saturated carbocycles. The molecule has 10 heteroatoms. The Bertz CT molecular complexity index is 1020. The average Bonchev–Trinajstić information content (AvgIpc) is 2.80. The van der Waals surface area contributed by atoms with Crippen LogP contribution in [-0.4, -0.2) is 65.0 Å². The van der Waals surface area contributed by atoms with E-state index in [1.54, 1.807) is 0 Å². The van der Waals surface area contributed by atoms with Gasteiger partial charge in [0, 0.05) is 5.56 Å². The van der Waals surface area contributed by atoms with Crippen LogP contribution in [0.2, 0.25) is 54.4 Å². The van der Waals surface area contributed by atoms with Crippen LogP contribution < -0.4 is 5.32 Å². The second-order valence-electron chi connectivity index (χ2n) is 16.1. The molecule has 0 radical (unpaired) electrons. The molecule has 5 nitrogen and oxygen atoms in total. The van der Waals surface area contributed by atoms with Crippen LogP contribution >= 0.6 is 34.8 Å². The summed E-state index contributed by atoms with van der Waals surface area (Å²) >= 11 is 8.37. The molecule has 0 aliphatic carbocycles. The third-order valence-electron chi connectivity index (χ3n) is 9.81. The van der Waals surface area contributed by atoms with E-state index < -0.39 is 25.0 Å². The first-order valence-corrected chi connectivity index (χ1v) is 25.3. The second-order valence-corrected chi connectivity index (χ2v) is 32.3. The minimum atomic E-state index is -2.18. The highest BCUT2D eigenvalue weighted by atomic mass is 127. The highest BCUT2D eigenvalue weighted by Gasteiger charge is 2.54. The number of ether oxygens (including phenoxy) is 1. The van der Waals surface area contributed by atoms with Gasteiger partial charge in [0.25, 0.3) is 0 Å². The van der Waals surface area contributed by atoms with Crippen LogP contribution in [0.4, 0.5) is 0 Å². The summed E-state index contributed by atoms with van der Waals surface area (Å²) in [7, 11) is -6.39. The second kappa shape index (κ2) is 13.4. The van der Waals surface area contributed by atoms with Crippen molar-refractivity contribution in [2.24, 2.45) is 0 Å². The summed E-state index contributed by atoms with van der Waals surface area (Å²) in [5.41, 5.74) is 0.977. The Morgan fingerprint density at radius 2 is 1.22 bits per heavy atom. The Morgan fingerprint density at radius 1 is 0.780 bits per heavy atom. The molecular formula is C31H58INO4SSi3. The number of hydrogen-bond donors (Lipinski definition) is 1. The molecule has 0 unspecified atom stereocenters. The lowest BCUT2D eigenvalue weighted by Gasteiger charge is -2.52. The first kappa shape index (κ1) is 37.5. The summed E-state index contributed by atoms with van der Waals surface area (Å²) in [5, 5.41) is 3.75. The number of rotatable bonds is 9. The SMILES string of the molecule is CC(C)(C)[Si](C)(C)OC[C@H]1O[C@H](NC(=S)c2ccccc2)[C@@H](I)[C@@H](O[Si](C)(C)C(C)(C)C)[C@@H]1O[Si](C)(C)C(C)(C)C. The molecule has 41 heavy (non-hydrogen) atoms. The maximum atomic E-state index is 7.29. The lowest BCUT2D eigenvalue weighted by atomic mass is 10.0. The standard InChI is InChI=1S/C31H58INO4SSi3/c1-29(2,3)39(10,11)34-21-23-25(36-40(12,13)30(4,5)6)26(37-41(14,15)31(7,8)9)24(32)27(35-23)33-28(38)22-19-17-16-18-20-22/h16-20,23-27H,21H2,1-15H3,(H,33,38)/t23-,24+,25-,26-,27+/m1/s1. The van der Waals surface area contributed by atoms with Crippen molar-refractivity contribution >= 4 is 64.7 Å². The number of benzene rings is 1. The fraction of sp³-hybridized carbons (Fsp3) is 0.774. The topological polar surface area (TPSA) is 49.0 Å². The van der Waals surface area contributed by atoms with Gasteiger partial charge in [-0.1, -0.05) is 127 Å². The zero-order valence-corrected chi connectivity index (χ0v) is 34.4. The Kier molecular flexibility index (Phi) is 12.2. The van der Waals surface area contributed by atoms with Gasteiger partial charge in [0.15, 0.2) is 25.0 Å². The Balaban J connectivity index is 2.58. The summed E-state index contributed by atoms with van der Waals surface area (Å²) in [5.74, 6) is 0. The van der Waals surface area contributed by atoms with Crippen molar-refractivity contribution in [2.75, 3.05) is 6.61 Å². The summed E-state index contributed by atoms with van der Waals surface area (Å²) < 4.78 is 28.3. The zero-order chi connectivity index (χ0) is 31.8. The number of halogens is 1. The van der Waals surface area contributed by atoms with Gasteiger partial charge in [0.2, 0.25) is 0 Å².